The molecule has 0 aromatic rings. The number of rotatable bonds is 3. The zero-order chi connectivity index (χ0) is 10.8. The van der Waals surface area contributed by atoms with Crippen LogP contribution in [0.4, 0.5) is 8.78 Å². The van der Waals surface area contributed by atoms with Gasteiger partial charge in [-0.15, -0.1) is 0 Å². The quantitative estimate of drug-likeness (QED) is 0.694. The van der Waals surface area contributed by atoms with Crippen molar-refractivity contribution in [2.75, 3.05) is 13.6 Å². The van der Waals surface area contributed by atoms with Gasteiger partial charge >= 0.3 is 0 Å². The van der Waals surface area contributed by atoms with Crippen LogP contribution in [0.25, 0.3) is 0 Å². The van der Waals surface area contributed by atoms with E-state index in [1.54, 1.807) is 0 Å². The lowest BCUT2D eigenvalue weighted by atomic mass is 9.69. The van der Waals surface area contributed by atoms with Gasteiger partial charge in [-0.05, 0) is 19.3 Å². The van der Waals surface area contributed by atoms with Crippen molar-refractivity contribution in [1.82, 2.24) is 4.90 Å². The molecule has 0 bridgehead atoms. The maximum Gasteiger partial charge on any atom is 0.255 e. The van der Waals surface area contributed by atoms with Gasteiger partial charge in [-0.25, -0.2) is 8.78 Å². The fraction of sp³-hybridized carbons (Fsp3) is 0.778. The molecule has 1 saturated carbocycles. The summed E-state index contributed by atoms with van der Waals surface area (Å²) < 4.78 is 24.0. The van der Waals surface area contributed by atoms with E-state index in [1.807, 2.05) is 6.07 Å². The van der Waals surface area contributed by atoms with Crippen molar-refractivity contribution in [3.63, 3.8) is 0 Å². The number of hydrogen-bond acceptors (Lipinski definition) is 2. The van der Waals surface area contributed by atoms with E-state index in [1.165, 1.54) is 7.05 Å². The third kappa shape index (κ3) is 1.84. The second-order valence-electron chi connectivity index (χ2n) is 3.62. The molecular weight excluding hydrogens is 190 g/mol. The minimum atomic E-state index is -2.54. The summed E-state index contributed by atoms with van der Waals surface area (Å²) in [5.41, 5.74) is -1.01. The van der Waals surface area contributed by atoms with Crippen LogP contribution in [0.3, 0.4) is 0 Å². The average molecular weight is 202 g/mol. The van der Waals surface area contributed by atoms with Crippen molar-refractivity contribution in [3.05, 3.63) is 0 Å². The molecule has 3 nitrogen and oxygen atoms in total. The van der Waals surface area contributed by atoms with Crippen LogP contribution in [-0.4, -0.2) is 30.8 Å². The Labute approximate surface area is 81.3 Å². The molecule has 0 aromatic heterocycles. The first-order valence-corrected chi connectivity index (χ1v) is 4.47. The monoisotopic (exact) mass is 202 g/mol. The highest BCUT2D eigenvalue weighted by atomic mass is 19.3. The SMILES string of the molecule is CN(CC(F)F)C(=O)C1(C#N)CCC1. The summed E-state index contributed by atoms with van der Waals surface area (Å²) >= 11 is 0. The van der Waals surface area contributed by atoms with Crippen molar-refractivity contribution in [2.45, 2.75) is 25.7 Å². The van der Waals surface area contributed by atoms with Crippen LogP contribution in [0.1, 0.15) is 19.3 Å². The Balaban J connectivity index is 2.60. The molecule has 0 N–H and O–H groups in total. The van der Waals surface area contributed by atoms with Crippen LogP contribution in [0.15, 0.2) is 0 Å². The molecule has 78 valence electrons. The van der Waals surface area contributed by atoms with Crippen molar-refractivity contribution >= 4 is 5.91 Å². The van der Waals surface area contributed by atoms with Gasteiger partial charge in [0, 0.05) is 7.05 Å². The second-order valence-corrected chi connectivity index (χ2v) is 3.62. The Morgan fingerprint density at radius 3 is 2.50 bits per heavy atom. The number of nitriles is 1. The molecule has 0 saturated heterocycles. The van der Waals surface area contributed by atoms with Gasteiger partial charge in [0.2, 0.25) is 5.91 Å². The molecule has 14 heavy (non-hydrogen) atoms. The summed E-state index contributed by atoms with van der Waals surface area (Å²) in [6.07, 6.45) is -0.729. The summed E-state index contributed by atoms with van der Waals surface area (Å²) in [5, 5.41) is 8.80. The molecule has 1 aliphatic rings. The normalized spacial score (nSPS) is 18.5. The predicted octanol–water partition coefficient (Wildman–Crippen LogP) is 1.40. The largest absolute Gasteiger partial charge is 0.339 e. The molecule has 0 heterocycles. The van der Waals surface area contributed by atoms with E-state index in [-0.39, 0.29) is 0 Å². The minimum absolute atomic E-state index is 0.466. The summed E-state index contributed by atoms with van der Waals surface area (Å²) in [4.78, 5) is 12.5. The molecule has 1 aliphatic carbocycles. The number of halogens is 2. The topological polar surface area (TPSA) is 44.1 Å². The highest BCUT2D eigenvalue weighted by Gasteiger charge is 2.46. The Hall–Kier alpha value is -1.18. The number of nitrogens with zero attached hydrogens (tertiary/aromatic N) is 2. The first kappa shape index (κ1) is 10.9. The molecule has 0 radical (unpaired) electrons. The fourth-order valence-electron chi connectivity index (χ4n) is 1.56. The van der Waals surface area contributed by atoms with Crippen molar-refractivity contribution in [3.8, 4) is 6.07 Å². The van der Waals surface area contributed by atoms with Gasteiger partial charge in [-0.1, -0.05) is 0 Å². The van der Waals surface area contributed by atoms with Gasteiger partial charge in [-0.2, -0.15) is 5.26 Å². The second kappa shape index (κ2) is 3.91. The molecule has 0 aromatic carbocycles. The maximum atomic E-state index is 12.0. The summed E-state index contributed by atoms with van der Waals surface area (Å²) in [7, 11) is 1.31. The molecule has 0 spiro atoms. The van der Waals surface area contributed by atoms with Crippen LogP contribution >= 0.6 is 0 Å². The first-order valence-electron chi connectivity index (χ1n) is 4.47. The van der Waals surface area contributed by atoms with Crippen LogP contribution in [-0.2, 0) is 4.79 Å². The van der Waals surface area contributed by atoms with E-state index in [0.717, 1.165) is 11.3 Å². The minimum Gasteiger partial charge on any atom is -0.339 e. The van der Waals surface area contributed by atoms with Crippen molar-refractivity contribution in [2.24, 2.45) is 5.41 Å². The van der Waals surface area contributed by atoms with E-state index in [9.17, 15) is 13.6 Å². The third-order valence-electron chi connectivity index (χ3n) is 2.59. The van der Waals surface area contributed by atoms with E-state index < -0.39 is 24.3 Å². The van der Waals surface area contributed by atoms with Crippen molar-refractivity contribution in [1.29, 1.82) is 5.26 Å². The van der Waals surface area contributed by atoms with Crippen LogP contribution in [0.2, 0.25) is 0 Å². The number of carbonyl (C=O) groups excluding carboxylic acids is 1. The molecule has 1 amide bonds. The van der Waals surface area contributed by atoms with E-state index in [0.29, 0.717) is 12.8 Å². The predicted molar refractivity (Wildman–Crippen MR) is 45.5 cm³/mol. The smallest absolute Gasteiger partial charge is 0.255 e. The summed E-state index contributed by atoms with van der Waals surface area (Å²) in [6.45, 7) is -0.595. The highest BCUT2D eigenvalue weighted by Crippen LogP contribution is 2.41. The molecule has 0 unspecified atom stereocenters. The Morgan fingerprint density at radius 1 is 1.64 bits per heavy atom. The lowest BCUT2D eigenvalue weighted by Gasteiger charge is -2.36. The lowest BCUT2D eigenvalue weighted by Crippen LogP contribution is -2.46. The Bertz CT molecular complexity index is 268. The third-order valence-corrected chi connectivity index (χ3v) is 2.59. The van der Waals surface area contributed by atoms with Gasteiger partial charge in [0.05, 0.1) is 12.6 Å². The van der Waals surface area contributed by atoms with E-state index >= 15 is 0 Å². The van der Waals surface area contributed by atoms with Crippen LogP contribution in [0, 0.1) is 16.7 Å². The Morgan fingerprint density at radius 2 is 2.21 bits per heavy atom. The number of hydrogen-bond donors (Lipinski definition) is 0. The summed E-state index contributed by atoms with van der Waals surface area (Å²) in [5.74, 6) is -0.466. The molecule has 0 atom stereocenters. The zero-order valence-electron chi connectivity index (χ0n) is 7.96. The van der Waals surface area contributed by atoms with Crippen LogP contribution in [0.5, 0.6) is 0 Å². The zero-order valence-corrected chi connectivity index (χ0v) is 7.96. The first-order chi connectivity index (χ1) is 6.52. The van der Waals surface area contributed by atoms with Gasteiger partial charge < -0.3 is 4.90 Å². The molecular formula is C9H12F2N2O. The number of carbonyl (C=O) groups is 1. The van der Waals surface area contributed by atoms with Crippen molar-refractivity contribution < 1.29 is 13.6 Å². The lowest BCUT2D eigenvalue weighted by molar-refractivity contribution is -0.143. The molecule has 1 fully saturated rings. The highest BCUT2D eigenvalue weighted by molar-refractivity contribution is 5.86. The standard InChI is InChI=1S/C9H12F2N2O/c1-13(5-7(10)11)8(14)9(6-12)3-2-4-9/h7H,2-5H2,1H3. The van der Waals surface area contributed by atoms with E-state index in [4.69, 9.17) is 5.26 Å². The van der Waals surface area contributed by atoms with Gasteiger partial charge in [-0.3, -0.25) is 4.79 Å². The number of amides is 1. The molecule has 0 aliphatic heterocycles. The van der Waals surface area contributed by atoms with Gasteiger partial charge in [0.1, 0.15) is 5.41 Å². The van der Waals surface area contributed by atoms with Gasteiger partial charge in [0.15, 0.2) is 0 Å². The molecule has 5 heteroatoms. The molecule has 1 rings (SSSR count). The maximum absolute atomic E-state index is 12.0. The fourth-order valence-corrected chi connectivity index (χ4v) is 1.56. The van der Waals surface area contributed by atoms with Gasteiger partial charge in [0.25, 0.3) is 6.43 Å². The van der Waals surface area contributed by atoms with E-state index in [2.05, 4.69) is 0 Å². The Kier molecular flexibility index (Phi) is 3.04. The summed E-state index contributed by atoms with van der Waals surface area (Å²) in [6, 6.07) is 1.93. The number of alkyl halides is 2. The van der Waals surface area contributed by atoms with Crippen LogP contribution < -0.4 is 0 Å². The average Bonchev–Trinajstić information content (AvgIpc) is 2.01.